The van der Waals surface area contributed by atoms with E-state index >= 15 is 0 Å². The maximum absolute atomic E-state index is 11.0. The molecule has 3 aromatic carbocycles. The Labute approximate surface area is 209 Å². The van der Waals surface area contributed by atoms with E-state index in [9.17, 15) is 4.57 Å². The van der Waals surface area contributed by atoms with Crippen molar-refractivity contribution in [3.05, 3.63) is 88.9 Å². The van der Waals surface area contributed by atoms with Gasteiger partial charge in [0, 0.05) is 20.4 Å². The molecule has 6 nitrogen and oxygen atoms in total. The molecule has 9 heteroatoms. The molecule has 3 aromatic rings. The number of halogens is 1. The van der Waals surface area contributed by atoms with Gasteiger partial charge in [0.05, 0.1) is 6.61 Å². The number of benzene rings is 3. The van der Waals surface area contributed by atoms with Crippen LogP contribution in [0.15, 0.2) is 82.6 Å². The van der Waals surface area contributed by atoms with Crippen LogP contribution < -0.4 is 10.5 Å². The largest absolute Gasteiger partial charge is 0.489 e. The van der Waals surface area contributed by atoms with Gasteiger partial charge in [0.2, 0.25) is 0 Å². The number of phosphoric acid groups is 1. The zero-order valence-electron chi connectivity index (χ0n) is 18.9. The topological polar surface area (TPSA) is 102 Å². The first-order valence-corrected chi connectivity index (χ1v) is 13.6. The van der Waals surface area contributed by atoms with Crippen LogP contribution in [0.5, 0.6) is 5.75 Å². The normalized spacial score (nSPS) is 13.4. The quantitative estimate of drug-likeness (QED) is 0.243. The van der Waals surface area contributed by atoms with Crippen LogP contribution in [0.2, 0.25) is 5.02 Å². The Morgan fingerprint density at radius 3 is 2.44 bits per heavy atom. The summed E-state index contributed by atoms with van der Waals surface area (Å²) in [7, 11) is -4.56. The Kier molecular flexibility index (Phi) is 9.63. The third-order valence-electron chi connectivity index (χ3n) is 5.43. The van der Waals surface area contributed by atoms with Crippen LogP contribution in [0.25, 0.3) is 0 Å². The average Bonchev–Trinajstić information content (AvgIpc) is 2.81. The van der Waals surface area contributed by atoms with Crippen LogP contribution in [0.1, 0.15) is 30.9 Å². The van der Waals surface area contributed by atoms with Gasteiger partial charge in [-0.15, -0.1) is 0 Å². The summed E-state index contributed by atoms with van der Waals surface area (Å²) in [6.07, 6.45) is 1.57. The van der Waals surface area contributed by atoms with Crippen molar-refractivity contribution in [1.82, 2.24) is 0 Å². The van der Waals surface area contributed by atoms with Gasteiger partial charge in [-0.05, 0) is 60.7 Å². The number of rotatable bonds is 12. The second-order valence-electron chi connectivity index (χ2n) is 8.08. The molecule has 0 amide bonds. The van der Waals surface area contributed by atoms with Crippen molar-refractivity contribution >= 4 is 31.2 Å². The molecule has 1 atom stereocenters. The average molecular weight is 522 g/mol. The molecule has 34 heavy (non-hydrogen) atoms. The Balaban J connectivity index is 1.59. The van der Waals surface area contributed by atoms with E-state index in [4.69, 9.17) is 31.9 Å². The lowest BCUT2D eigenvalue weighted by Crippen LogP contribution is -2.44. The minimum atomic E-state index is -4.56. The second kappa shape index (κ2) is 12.2. The van der Waals surface area contributed by atoms with Crippen LogP contribution >= 0.6 is 31.2 Å². The summed E-state index contributed by atoms with van der Waals surface area (Å²) in [6.45, 7) is 2.15. The van der Waals surface area contributed by atoms with Crippen molar-refractivity contribution in [3.63, 3.8) is 0 Å². The molecule has 0 unspecified atom stereocenters. The molecule has 4 N–H and O–H groups in total. The zero-order chi connectivity index (χ0) is 24.6. The number of nitrogens with two attached hydrogens (primary N) is 1. The Morgan fingerprint density at radius 1 is 1.03 bits per heavy atom. The monoisotopic (exact) mass is 521 g/mol. The molecule has 0 spiro atoms. The van der Waals surface area contributed by atoms with E-state index in [1.807, 2.05) is 79.7 Å². The molecular formula is C25H29ClNO5PS. The van der Waals surface area contributed by atoms with Crippen molar-refractivity contribution in [2.45, 2.75) is 48.1 Å². The second-order valence-corrected chi connectivity index (χ2v) is 10.9. The highest BCUT2D eigenvalue weighted by atomic mass is 35.5. The minimum absolute atomic E-state index is 0.220. The van der Waals surface area contributed by atoms with Crippen molar-refractivity contribution in [1.29, 1.82) is 0 Å². The number of ether oxygens (including phenoxy) is 1. The molecule has 0 saturated carbocycles. The van der Waals surface area contributed by atoms with Gasteiger partial charge in [0.25, 0.3) is 0 Å². The van der Waals surface area contributed by atoms with Crippen molar-refractivity contribution in [2.24, 2.45) is 5.73 Å². The lowest BCUT2D eigenvalue weighted by Gasteiger charge is -2.28. The van der Waals surface area contributed by atoms with E-state index in [1.165, 1.54) is 0 Å². The number of phosphoric ester groups is 1. The predicted octanol–water partition coefficient (Wildman–Crippen LogP) is 6.22. The molecule has 0 saturated heterocycles. The summed E-state index contributed by atoms with van der Waals surface area (Å²) < 4.78 is 21.6. The Morgan fingerprint density at radius 2 is 1.76 bits per heavy atom. The maximum atomic E-state index is 11.0. The molecule has 0 fully saturated rings. The predicted molar refractivity (Wildman–Crippen MR) is 136 cm³/mol. The highest BCUT2D eigenvalue weighted by Gasteiger charge is 2.27. The summed E-state index contributed by atoms with van der Waals surface area (Å²) in [5.41, 5.74) is 7.47. The Hall–Kier alpha value is -1.83. The van der Waals surface area contributed by atoms with Crippen molar-refractivity contribution in [3.8, 4) is 5.75 Å². The fourth-order valence-corrected chi connectivity index (χ4v) is 4.92. The van der Waals surface area contributed by atoms with Gasteiger partial charge in [-0.1, -0.05) is 72.8 Å². The molecule has 0 aliphatic carbocycles. The van der Waals surface area contributed by atoms with Crippen molar-refractivity contribution < 1.29 is 23.6 Å². The molecule has 182 valence electrons. The van der Waals surface area contributed by atoms with Gasteiger partial charge in [-0.3, -0.25) is 4.52 Å². The zero-order valence-corrected chi connectivity index (χ0v) is 21.4. The number of hydrogen-bond acceptors (Lipinski definition) is 5. The van der Waals surface area contributed by atoms with E-state index in [0.29, 0.717) is 30.9 Å². The van der Waals surface area contributed by atoms with E-state index in [1.54, 1.807) is 11.8 Å². The third-order valence-corrected chi connectivity index (χ3v) is 7.23. The molecule has 3 rings (SSSR count). The van der Waals surface area contributed by atoms with E-state index in [2.05, 4.69) is 4.52 Å². The Bertz CT molecular complexity index is 1130. The van der Waals surface area contributed by atoms with Crippen LogP contribution in [0.3, 0.4) is 0 Å². The van der Waals surface area contributed by atoms with Crippen LogP contribution in [-0.4, -0.2) is 21.9 Å². The van der Waals surface area contributed by atoms with E-state index in [-0.39, 0.29) is 6.61 Å². The van der Waals surface area contributed by atoms with Gasteiger partial charge in [-0.25, -0.2) is 4.57 Å². The fourth-order valence-electron chi connectivity index (χ4n) is 3.25. The van der Waals surface area contributed by atoms with Crippen molar-refractivity contribution in [2.75, 3.05) is 6.61 Å². The van der Waals surface area contributed by atoms with Gasteiger partial charge in [0.1, 0.15) is 12.4 Å². The first-order valence-electron chi connectivity index (χ1n) is 10.9. The van der Waals surface area contributed by atoms with Crippen LogP contribution in [-0.2, 0) is 22.1 Å². The number of hydrogen-bond donors (Lipinski definition) is 3. The van der Waals surface area contributed by atoms with Crippen LogP contribution in [0, 0.1) is 0 Å². The van der Waals surface area contributed by atoms with Gasteiger partial charge < -0.3 is 20.3 Å². The molecule has 0 aromatic heterocycles. The highest BCUT2D eigenvalue weighted by Crippen LogP contribution is 2.38. The summed E-state index contributed by atoms with van der Waals surface area (Å²) in [5.74, 6) is 0.799. The summed E-state index contributed by atoms with van der Waals surface area (Å²) in [5, 5.41) is 0.621. The fraction of sp³-hybridized carbons (Fsp3) is 0.280. The highest BCUT2D eigenvalue weighted by molar-refractivity contribution is 7.99. The molecule has 0 aliphatic rings. The summed E-state index contributed by atoms with van der Waals surface area (Å²) >= 11 is 8.12. The van der Waals surface area contributed by atoms with E-state index < -0.39 is 13.4 Å². The summed E-state index contributed by atoms with van der Waals surface area (Å²) in [6, 6.07) is 23.8. The van der Waals surface area contributed by atoms with E-state index in [0.717, 1.165) is 26.7 Å². The summed E-state index contributed by atoms with van der Waals surface area (Å²) in [4.78, 5) is 19.9. The lowest BCUT2D eigenvalue weighted by atomic mass is 9.90. The molecular weight excluding hydrogens is 493 g/mol. The molecule has 0 aliphatic heterocycles. The minimum Gasteiger partial charge on any atom is -0.489 e. The first-order chi connectivity index (χ1) is 16.2. The van der Waals surface area contributed by atoms with Gasteiger partial charge in [0.15, 0.2) is 0 Å². The van der Waals surface area contributed by atoms with Gasteiger partial charge in [-0.2, -0.15) is 0 Å². The SMILES string of the molecule is CC[C@](N)(CCc1ccc(Sc2cccc(OCc3ccccc3)c2)cc1Cl)COP(=O)(O)O. The smallest absolute Gasteiger partial charge is 0.469 e. The van der Waals surface area contributed by atoms with Crippen LogP contribution in [0.4, 0.5) is 0 Å². The molecule has 0 bridgehead atoms. The standard InChI is InChI=1S/C25H29ClNO5PS/c1-2-25(27,18-32-33(28,29)30)14-13-20-11-12-23(16-24(20)26)34-22-10-6-9-21(15-22)31-17-19-7-4-3-5-8-19/h3-12,15-16H,2,13-14,17-18,27H2,1H3,(H2,28,29,30)/t25-/m0/s1. The first kappa shape index (κ1) is 26.8. The molecule has 0 heterocycles. The maximum Gasteiger partial charge on any atom is 0.469 e. The molecule has 0 radical (unpaired) electrons. The lowest BCUT2D eigenvalue weighted by molar-refractivity contribution is 0.144. The van der Waals surface area contributed by atoms with Gasteiger partial charge >= 0.3 is 7.82 Å². The number of aryl methyl sites for hydroxylation is 1. The third kappa shape index (κ3) is 8.75.